The lowest BCUT2D eigenvalue weighted by atomic mass is 10.1. The van der Waals surface area contributed by atoms with E-state index in [4.69, 9.17) is 0 Å². The molecule has 0 atom stereocenters. The van der Waals surface area contributed by atoms with Crippen LogP contribution < -0.4 is 5.32 Å². The Labute approximate surface area is 132 Å². The van der Waals surface area contributed by atoms with E-state index in [-0.39, 0.29) is 10.8 Å². The molecule has 0 aliphatic rings. The summed E-state index contributed by atoms with van der Waals surface area (Å²) in [6.45, 7) is 1.91. The van der Waals surface area contributed by atoms with Gasteiger partial charge in [0.25, 0.3) is 5.91 Å². The quantitative estimate of drug-likeness (QED) is 0.903. The Morgan fingerprint density at radius 3 is 2.29 bits per heavy atom. The Morgan fingerprint density at radius 2 is 1.71 bits per heavy atom. The van der Waals surface area contributed by atoms with Crippen LogP contribution >= 0.6 is 15.9 Å². The first kappa shape index (κ1) is 15.7. The Morgan fingerprint density at radius 1 is 1.10 bits per heavy atom. The predicted octanol–water partition coefficient (Wildman–Crippen LogP) is 3.41. The van der Waals surface area contributed by atoms with Gasteiger partial charge in [-0.25, -0.2) is 8.42 Å². The van der Waals surface area contributed by atoms with E-state index >= 15 is 0 Å². The van der Waals surface area contributed by atoms with E-state index in [1.807, 2.05) is 19.1 Å². The predicted molar refractivity (Wildman–Crippen MR) is 86.4 cm³/mol. The lowest BCUT2D eigenvalue weighted by Gasteiger charge is -2.08. The third-order valence-electron chi connectivity index (χ3n) is 2.91. The largest absolute Gasteiger partial charge is 0.322 e. The number of amides is 1. The van der Waals surface area contributed by atoms with Crippen LogP contribution in [-0.2, 0) is 9.84 Å². The van der Waals surface area contributed by atoms with Gasteiger partial charge in [0, 0.05) is 16.4 Å². The number of hydrogen-bond acceptors (Lipinski definition) is 3. The molecular weight excluding hydrogens is 354 g/mol. The summed E-state index contributed by atoms with van der Waals surface area (Å²) < 4.78 is 23.5. The molecule has 0 bridgehead atoms. The van der Waals surface area contributed by atoms with Crippen LogP contribution in [0, 0.1) is 6.92 Å². The number of benzene rings is 2. The standard InChI is InChI=1S/C15H14BrNO3S/c1-10-3-8-14(16)13(9-10)15(18)17-11-4-6-12(7-5-11)21(2,19)20/h3-9H,1-2H3,(H,17,18). The van der Waals surface area contributed by atoms with E-state index in [0.29, 0.717) is 15.7 Å². The van der Waals surface area contributed by atoms with Crippen molar-refractivity contribution in [1.82, 2.24) is 0 Å². The topological polar surface area (TPSA) is 63.2 Å². The van der Waals surface area contributed by atoms with Crippen molar-refractivity contribution in [2.75, 3.05) is 11.6 Å². The molecule has 0 saturated carbocycles. The van der Waals surface area contributed by atoms with Gasteiger partial charge in [-0.05, 0) is 59.3 Å². The zero-order chi connectivity index (χ0) is 15.6. The molecule has 2 aromatic carbocycles. The van der Waals surface area contributed by atoms with Gasteiger partial charge in [0.2, 0.25) is 0 Å². The minimum Gasteiger partial charge on any atom is -0.322 e. The number of sulfone groups is 1. The van der Waals surface area contributed by atoms with E-state index in [1.54, 1.807) is 18.2 Å². The van der Waals surface area contributed by atoms with Crippen LogP contribution in [0.2, 0.25) is 0 Å². The van der Waals surface area contributed by atoms with Gasteiger partial charge in [0.05, 0.1) is 10.5 Å². The molecule has 2 aromatic rings. The number of carbonyl (C=O) groups is 1. The van der Waals surface area contributed by atoms with Gasteiger partial charge in [-0.2, -0.15) is 0 Å². The lowest BCUT2D eigenvalue weighted by Crippen LogP contribution is -2.13. The number of aryl methyl sites for hydroxylation is 1. The minimum absolute atomic E-state index is 0.220. The fourth-order valence-electron chi connectivity index (χ4n) is 1.80. The van der Waals surface area contributed by atoms with Crippen molar-refractivity contribution in [3.05, 3.63) is 58.1 Å². The van der Waals surface area contributed by atoms with Crippen LogP contribution in [0.3, 0.4) is 0 Å². The molecule has 21 heavy (non-hydrogen) atoms. The second-order valence-corrected chi connectivity index (χ2v) is 7.60. The van der Waals surface area contributed by atoms with Gasteiger partial charge >= 0.3 is 0 Å². The lowest BCUT2D eigenvalue weighted by molar-refractivity contribution is 0.102. The average Bonchev–Trinajstić information content (AvgIpc) is 2.41. The molecule has 4 nitrogen and oxygen atoms in total. The number of hydrogen-bond donors (Lipinski definition) is 1. The summed E-state index contributed by atoms with van der Waals surface area (Å²) >= 11 is 3.34. The highest BCUT2D eigenvalue weighted by molar-refractivity contribution is 9.10. The number of nitrogens with one attached hydrogen (secondary N) is 1. The maximum absolute atomic E-state index is 12.2. The first-order chi connectivity index (χ1) is 9.77. The highest BCUT2D eigenvalue weighted by atomic mass is 79.9. The minimum atomic E-state index is -3.23. The molecule has 2 rings (SSSR count). The molecule has 0 radical (unpaired) electrons. The van der Waals surface area contributed by atoms with E-state index in [9.17, 15) is 13.2 Å². The summed E-state index contributed by atoms with van der Waals surface area (Å²) in [5, 5.41) is 2.74. The Balaban J connectivity index is 2.22. The van der Waals surface area contributed by atoms with Crippen molar-refractivity contribution in [2.24, 2.45) is 0 Å². The number of carbonyl (C=O) groups excluding carboxylic acids is 1. The van der Waals surface area contributed by atoms with E-state index in [1.165, 1.54) is 12.1 Å². The maximum Gasteiger partial charge on any atom is 0.256 e. The van der Waals surface area contributed by atoms with E-state index < -0.39 is 9.84 Å². The molecule has 0 aliphatic carbocycles. The normalized spacial score (nSPS) is 11.2. The second-order valence-electron chi connectivity index (χ2n) is 4.73. The highest BCUT2D eigenvalue weighted by Gasteiger charge is 2.11. The number of anilines is 1. The second kappa shape index (κ2) is 5.99. The SMILES string of the molecule is Cc1ccc(Br)c(C(=O)Nc2ccc(S(C)(=O)=O)cc2)c1. The molecule has 1 amide bonds. The summed E-state index contributed by atoms with van der Waals surface area (Å²) in [6.07, 6.45) is 1.14. The van der Waals surface area contributed by atoms with Gasteiger partial charge in [-0.1, -0.05) is 11.6 Å². The summed E-state index contributed by atoms with van der Waals surface area (Å²) in [5.41, 5.74) is 2.05. The Bertz CT molecular complexity index is 783. The van der Waals surface area contributed by atoms with Gasteiger partial charge in [0.15, 0.2) is 9.84 Å². The van der Waals surface area contributed by atoms with E-state index in [0.717, 1.165) is 11.8 Å². The zero-order valence-corrected chi connectivity index (χ0v) is 14.0. The summed E-state index contributed by atoms with van der Waals surface area (Å²) in [5.74, 6) is -0.252. The van der Waals surface area contributed by atoms with Crippen LogP contribution in [0.25, 0.3) is 0 Å². The molecule has 0 heterocycles. The molecule has 0 saturated heterocycles. The number of halogens is 1. The molecule has 0 aromatic heterocycles. The third-order valence-corrected chi connectivity index (χ3v) is 4.73. The molecule has 0 spiro atoms. The van der Waals surface area contributed by atoms with E-state index in [2.05, 4.69) is 21.2 Å². The van der Waals surface area contributed by atoms with Crippen molar-refractivity contribution < 1.29 is 13.2 Å². The molecule has 0 unspecified atom stereocenters. The fourth-order valence-corrected chi connectivity index (χ4v) is 2.85. The fraction of sp³-hybridized carbons (Fsp3) is 0.133. The van der Waals surface area contributed by atoms with Crippen LogP contribution in [0.5, 0.6) is 0 Å². The summed E-state index contributed by atoms with van der Waals surface area (Å²) in [6, 6.07) is 11.6. The van der Waals surface area contributed by atoms with Crippen molar-refractivity contribution in [2.45, 2.75) is 11.8 Å². The first-order valence-electron chi connectivity index (χ1n) is 6.15. The zero-order valence-electron chi connectivity index (χ0n) is 11.6. The van der Waals surface area contributed by atoms with Gasteiger partial charge in [-0.3, -0.25) is 4.79 Å². The Kier molecular flexibility index (Phi) is 4.49. The molecular formula is C15H14BrNO3S. The van der Waals surface area contributed by atoms with Crippen LogP contribution in [-0.4, -0.2) is 20.6 Å². The van der Waals surface area contributed by atoms with Crippen LogP contribution in [0.15, 0.2) is 51.8 Å². The van der Waals surface area contributed by atoms with Crippen molar-refractivity contribution in [1.29, 1.82) is 0 Å². The monoisotopic (exact) mass is 367 g/mol. The first-order valence-corrected chi connectivity index (χ1v) is 8.83. The van der Waals surface area contributed by atoms with Gasteiger partial charge in [-0.15, -0.1) is 0 Å². The van der Waals surface area contributed by atoms with Crippen molar-refractivity contribution >= 4 is 37.4 Å². The van der Waals surface area contributed by atoms with Gasteiger partial charge in [0.1, 0.15) is 0 Å². The summed E-state index contributed by atoms with van der Waals surface area (Å²) in [4.78, 5) is 12.4. The molecule has 0 fully saturated rings. The molecule has 110 valence electrons. The molecule has 6 heteroatoms. The Hall–Kier alpha value is -1.66. The third kappa shape index (κ3) is 3.92. The number of rotatable bonds is 3. The molecule has 0 aliphatic heterocycles. The maximum atomic E-state index is 12.2. The van der Waals surface area contributed by atoms with Gasteiger partial charge < -0.3 is 5.32 Å². The van der Waals surface area contributed by atoms with Crippen LogP contribution in [0.4, 0.5) is 5.69 Å². The van der Waals surface area contributed by atoms with Crippen molar-refractivity contribution in [3.63, 3.8) is 0 Å². The molecule has 1 N–H and O–H groups in total. The van der Waals surface area contributed by atoms with Crippen molar-refractivity contribution in [3.8, 4) is 0 Å². The average molecular weight is 368 g/mol. The highest BCUT2D eigenvalue weighted by Crippen LogP contribution is 2.20. The summed E-state index contributed by atoms with van der Waals surface area (Å²) in [7, 11) is -3.23. The van der Waals surface area contributed by atoms with Crippen LogP contribution in [0.1, 0.15) is 15.9 Å². The smallest absolute Gasteiger partial charge is 0.256 e.